The number of benzene rings is 1. The molecule has 1 aromatic carbocycles. The zero-order valence-corrected chi connectivity index (χ0v) is 13.9. The van der Waals surface area contributed by atoms with E-state index in [0.717, 1.165) is 5.56 Å². The van der Waals surface area contributed by atoms with Gasteiger partial charge in [0, 0.05) is 5.41 Å². The summed E-state index contributed by atoms with van der Waals surface area (Å²) in [5.41, 5.74) is 0.503. The molecule has 0 saturated carbocycles. The first-order valence-corrected chi connectivity index (χ1v) is 6.62. The van der Waals surface area contributed by atoms with Crippen LogP contribution in [0, 0.1) is 5.41 Å². The first-order valence-electron chi connectivity index (χ1n) is 6.24. The van der Waals surface area contributed by atoms with E-state index >= 15 is 0 Å². The number of hydrogen-bond donors (Lipinski definition) is 1. The number of amides is 1. The molecule has 0 radical (unpaired) electrons. The van der Waals surface area contributed by atoms with Gasteiger partial charge in [0.1, 0.15) is 6.61 Å². The van der Waals surface area contributed by atoms with Crippen molar-refractivity contribution < 1.29 is 19.0 Å². The van der Waals surface area contributed by atoms with Crippen molar-refractivity contribution in [3.05, 3.63) is 22.7 Å². The standard InChI is InChI=1S/C14H18ClNO4.ClH/c1-14(2)7-20-13(17)16-12(14)8-5-6-9(18-3)11(19-4)10(8)15;/h5-6,12H,7H2,1-4H3,(H,16,17);1H/t12-;/m1./s1. The molecule has 1 aliphatic rings. The van der Waals surface area contributed by atoms with Crippen LogP contribution in [0.2, 0.25) is 5.02 Å². The maximum atomic E-state index is 11.5. The fourth-order valence-electron chi connectivity index (χ4n) is 2.32. The molecule has 0 spiro atoms. The predicted octanol–water partition coefficient (Wildman–Crippen LogP) is 3.59. The topological polar surface area (TPSA) is 56.8 Å². The van der Waals surface area contributed by atoms with Crippen molar-refractivity contribution in [2.45, 2.75) is 19.9 Å². The average molecular weight is 336 g/mol. The summed E-state index contributed by atoms with van der Waals surface area (Å²) in [7, 11) is 3.08. The number of carbonyl (C=O) groups excluding carboxylic acids is 1. The van der Waals surface area contributed by atoms with Crippen molar-refractivity contribution in [2.24, 2.45) is 5.41 Å². The molecule has 1 N–H and O–H groups in total. The van der Waals surface area contributed by atoms with E-state index in [2.05, 4.69) is 5.32 Å². The monoisotopic (exact) mass is 335 g/mol. The van der Waals surface area contributed by atoms with Crippen LogP contribution in [0.25, 0.3) is 0 Å². The lowest BCUT2D eigenvalue weighted by Gasteiger charge is -2.39. The van der Waals surface area contributed by atoms with Crippen LogP contribution < -0.4 is 14.8 Å². The Bertz CT molecular complexity index is 534. The Morgan fingerprint density at radius 2 is 2.00 bits per heavy atom. The summed E-state index contributed by atoms with van der Waals surface area (Å²) >= 11 is 6.40. The maximum absolute atomic E-state index is 11.5. The van der Waals surface area contributed by atoms with E-state index in [1.165, 1.54) is 7.11 Å². The lowest BCUT2D eigenvalue weighted by molar-refractivity contribution is 0.0387. The van der Waals surface area contributed by atoms with Gasteiger partial charge in [-0.15, -0.1) is 12.4 Å². The minimum absolute atomic E-state index is 0. The quantitative estimate of drug-likeness (QED) is 0.917. The number of ether oxygens (including phenoxy) is 3. The van der Waals surface area contributed by atoms with Crippen LogP contribution in [0.4, 0.5) is 4.79 Å². The highest BCUT2D eigenvalue weighted by atomic mass is 35.5. The van der Waals surface area contributed by atoms with Gasteiger partial charge in [-0.2, -0.15) is 0 Å². The van der Waals surface area contributed by atoms with E-state index < -0.39 is 6.09 Å². The Labute approximate surface area is 135 Å². The smallest absolute Gasteiger partial charge is 0.407 e. The molecular formula is C14H19Cl2NO4. The molecule has 0 bridgehead atoms. The Kier molecular flexibility index (Phi) is 5.59. The molecular weight excluding hydrogens is 317 g/mol. The molecule has 118 valence electrons. The first-order chi connectivity index (χ1) is 9.40. The van der Waals surface area contributed by atoms with Gasteiger partial charge in [-0.25, -0.2) is 4.79 Å². The summed E-state index contributed by atoms with van der Waals surface area (Å²) in [6.45, 7) is 4.34. The third kappa shape index (κ3) is 3.30. The van der Waals surface area contributed by atoms with Crippen molar-refractivity contribution >= 4 is 30.1 Å². The minimum Gasteiger partial charge on any atom is -0.493 e. The molecule has 5 nitrogen and oxygen atoms in total. The van der Waals surface area contributed by atoms with Crippen molar-refractivity contribution in [3.8, 4) is 11.5 Å². The van der Waals surface area contributed by atoms with Crippen molar-refractivity contribution in [3.63, 3.8) is 0 Å². The van der Waals surface area contributed by atoms with Crippen LogP contribution in [-0.4, -0.2) is 26.9 Å². The Morgan fingerprint density at radius 3 is 2.57 bits per heavy atom. The highest BCUT2D eigenvalue weighted by Gasteiger charge is 2.39. The van der Waals surface area contributed by atoms with Crippen molar-refractivity contribution in [1.29, 1.82) is 0 Å². The van der Waals surface area contributed by atoms with Crippen LogP contribution in [0.3, 0.4) is 0 Å². The van der Waals surface area contributed by atoms with Gasteiger partial charge in [0.2, 0.25) is 0 Å². The second-order valence-corrected chi connectivity index (χ2v) is 5.72. The highest BCUT2D eigenvalue weighted by molar-refractivity contribution is 6.33. The first kappa shape index (κ1) is 17.7. The number of nitrogens with one attached hydrogen (secondary N) is 1. The molecule has 7 heteroatoms. The summed E-state index contributed by atoms with van der Waals surface area (Å²) < 4.78 is 15.5. The van der Waals surface area contributed by atoms with Crippen molar-refractivity contribution in [1.82, 2.24) is 5.32 Å². The number of hydrogen-bond acceptors (Lipinski definition) is 4. The van der Waals surface area contributed by atoms with E-state index in [9.17, 15) is 4.79 Å². The SMILES string of the molecule is COc1ccc([C@H]2NC(=O)OCC2(C)C)c(Cl)c1OC.Cl. The lowest BCUT2D eigenvalue weighted by atomic mass is 9.80. The van der Waals surface area contributed by atoms with Gasteiger partial charge in [-0.3, -0.25) is 0 Å². The van der Waals surface area contributed by atoms with Gasteiger partial charge in [-0.05, 0) is 11.6 Å². The summed E-state index contributed by atoms with van der Waals surface area (Å²) in [6, 6.07) is 3.36. The van der Waals surface area contributed by atoms with E-state index in [4.69, 9.17) is 25.8 Å². The number of halogens is 2. The molecule has 21 heavy (non-hydrogen) atoms. The predicted molar refractivity (Wildman–Crippen MR) is 82.8 cm³/mol. The summed E-state index contributed by atoms with van der Waals surface area (Å²) in [5, 5.41) is 3.25. The zero-order chi connectivity index (χ0) is 14.9. The highest BCUT2D eigenvalue weighted by Crippen LogP contribution is 2.45. The number of methoxy groups -OCH3 is 2. The molecule has 0 aromatic heterocycles. The summed E-state index contributed by atoms with van der Waals surface area (Å²) in [5.74, 6) is 1.01. The number of rotatable bonds is 3. The maximum Gasteiger partial charge on any atom is 0.407 e. The van der Waals surface area contributed by atoms with Crippen LogP contribution in [0.1, 0.15) is 25.5 Å². The fourth-order valence-corrected chi connectivity index (χ4v) is 2.66. The largest absolute Gasteiger partial charge is 0.493 e. The number of cyclic esters (lactones) is 1. The molecule has 1 amide bonds. The minimum atomic E-state index is -0.444. The second kappa shape index (κ2) is 6.62. The Morgan fingerprint density at radius 1 is 1.33 bits per heavy atom. The van der Waals surface area contributed by atoms with Gasteiger partial charge in [-0.1, -0.05) is 31.5 Å². The normalized spacial score (nSPS) is 19.9. The third-order valence-electron chi connectivity index (χ3n) is 3.44. The van der Waals surface area contributed by atoms with Crippen LogP contribution in [0.15, 0.2) is 12.1 Å². The van der Waals surface area contributed by atoms with E-state index in [1.807, 2.05) is 19.9 Å². The van der Waals surface area contributed by atoms with Gasteiger partial charge in [0.25, 0.3) is 0 Å². The molecule has 1 aromatic rings. The van der Waals surface area contributed by atoms with Crippen LogP contribution in [-0.2, 0) is 4.74 Å². The van der Waals surface area contributed by atoms with Crippen LogP contribution in [0.5, 0.6) is 11.5 Å². The van der Waals surface area contributed by atoms with Gasteiger partial charge < -0.3 is 19.5 Å². The van der Waals surface area contributed by atoms with E-state index in [-0.39, 0.29) is 23.9 Å². The third-order valence-corrected chi connectivity index (χ3v) is 3.83. The van der Waals surface area contributed by atoms with Gasteiger partial charge in [0.05, 0.1) is 25.3 Å². The number of alkyl carbamates (subject to hydrolysis) is 1. The fraction of sp³-hybridized carbons (Fsp3) is 0.500. The van der Waals surface area contributed by atoms with Gasteiger partial charge >= 0.3 is 6.09 Å². The summed E-state index contributed by atoms with van der Waals surface area (Å²) in [4.78, 5) is 11.5. The molecule has 0 unspecified atom stereocenters. The van der Waals surface area contributed by atoms with E-state index in [0.29, 0.717) is 23.1 Å². The molecule has 1 aliphatic heterocycles. The average Bonchev–Trinajstić information content (AvgIpc) is 2.41. The molecule has 1 saturated heterocycles. The van der Waals surface area contributed by atoms with Crippen LogP contribution >= 0.6 is 24.0 Å². The van der Waals surface area contributed by atoms with E-state index in [1.54, 1.807) is 13.2 Å². The zero-order valence-electron chi connectivity index (χ0n) is 12.4. The lowest BCUT2D eigenvalue weighted by Crippen LogP contribution is -2.47. The van der Waals surface area contributed by atoms with Crippen molar-refractivity contribution in [2.75, 3.05) is 20.8 Å². The molecule has 0 aliphatic carbocycles. The number of carbonyl (C=O) groups is 1. The molecule has 1 atom stereocenters. The second-order valence-electron chi connectivity index (χ2n) is 5.35. The Balaban J connectivity index is 0.00000220. The van der Waals surface area contributed by atoms with Gasteiger partial charge in [0.15, 0.2) is 11.5 Å². The Hall–Kier alpha value is -1.33. The summed E-state index contributed by atoms with van der Waals surface area (Å²) in [6.07, 6.45) is -0.444. The molecule has 1 fully saturated rings. The molecule has 2 rings (SSSR count). The molecule has 1 heterocycles.